The molecule has 1 aromatic heterocycles. The number of rotatable bonds is 4. The van der Waals surface area contributed by atoms with Crippen LogP contribution in [0.3, 0.4) is 0 Å². The van der Waals surface area contributed by atoms with E-state index in [0.29, 0.717) is 0 Å². The van der Waals surface area contributed by atoms with Crippen molar-refractivity contribution >= 4 is 12.0 Å². The van der Waals surface area contributed by atoms with Gasteiger partial charge in [-0.1, -0.05) is 29.8 Å². The van der Waals surface area contributed by atoms with E-state index in [2.05, 4.69) is 41.2 Å². The first-order chi connectivity index (χ1) is 11.6. The Hall–Kier alpha value is -2.40. The normalized spacial score (nSPS) is 16.0. The van der Waals surface area contributed by atoms with Crippen LogP contribution in [0.1, 0.15) is 16.7 Å². The van der Waals surface area contributed by atoms with Crippen molar-refractivity contribution in [2.45, 2.75) is 13.5 Å². The highest BCUT2D eigenvalue weighted by molar-refractivity contribution is 5.91. The van der Waals surface area contributed by atoms with E-state index in [9.17, 15) is 4.79 Å². The van der Waals surface area contributed by atoms with E-state index in [1.165, 1.54) is 11.1 Å². The van der Waals surface area contributed by atoms with Gasteiger partial charge < -0.3 is 4.90 Å². The Morgan fingerprint density at radius 2 is 1.88 bits per heavy atom. The van der Waals surface area contributed by atoms with E-state index in [0.717, 1.165) is 38.3 Å². The van der Waals surface area contributed by atoms with Crippen molar-refractivity contribution in [2.75, 3.05) is 26.2 Å². The number of hydrogen-bond donors (Lipinski definition) is 0. The molecular formula is C19H24N4O. The second-order valence-corrected chi connectivity index (χ2v) is 6.37. The molecule has 0 bridgehead atoms. The first-order valence-corrected chi connectivity index (χ1v) is 8.34. The lowest BCUT2D eigenvalue weighted by Gasteiger charge is -2.34. The Morgan fingerprint density at radius 3 is 2.50 bits per heavy atom. The van der Waals surface area contributed by atoms with E-state index >= 15 is 0 Å². The van der Waals surface area contributed by atoms with Crippen LogP contribution in [0.4, 0.5) is 0 Å². The number of carbonyl (C=O) groups excluding carboxylic acids is 1. The fraction of sp³-hybridized carbons (Fsp3) is 0.368. The third-order valence-corrected chi connectivity index (χ3v) is 4.35. The Labute approximate surface area is 143 Å². The van der Waals surface area contributed by atoms with Crippen molar-refractivity contribution in [3.8, 4) is 0 Å². The van der Waals surface area contributed by atoms with Gasteiger partial charge in [-0.2, -0.15) is 5.10 Å². The predicted octanol–water partition coefficient (Wildman–Crippen LogP) is 2.09. The van der Waals surface area contributed by atoms with Crippen LogP contribution >= 0.6 is 0 Å². The number of benzene rings is 1. The zero-order chi connectivity index (χ0) is 16.9. The molecule has 0 aliphatic carbocycles. The second kappa shape index (κ2) is 7.45. The predicted molar refractivity (Wildman–Crippen MR) is 95.3 cm³/mol. The number of nitrogens with zero attached hydrogens (tertiary/aromatic N) is 4. The fourth-order valence-corrected chi connectivity index (χ4v) is 2.88. The largest absolute Gasteiger partial charge is 0.337 e. The number of amides is 1. The number of aryl methyl sites for hydroxylation is 2. The molecule has 1 amide bonds. The van der Waals surface area contributed by atoms with E-state index in [-0.39, 0.29) is 5.91 Å². The lowest BCUT2D eigenvalue weighted by Crippen LogP contribution is -2.47. The Kier molecular flexibility index (Phi) is 5.11. The molecule has 0 N–H and O–H groups in total. The van der Waals surface area contributed by atoms with Gasteiger partial charge in [-0.05, 0) is 18.6 Å². The van der Waals surface area contributed by atoms with Crippen molar-refractivity contribution in [1.82, 2.24) is 19.6 Å². The summed E-state index contributed by atoms with van der Waals surface area (Å²) in [5.74, 6) is 0.0776. The molecule has 1 aromatic carbocycles. The summed E-state index contributed by atoms with van der Waals surface area (Å²) in [4.78, 5) is 16.6. The van der Waals surface area contributed by atoms with Crippen molar-refractivity contribution in [3.63, 3.8) is 0 Å². The lowest BCUT2D eigenvalue weighted by atomic mass is 10.1. The summed E-state index contributed by atoms with van der Waals surface area (Å²) in [5, 5.41) is 4.10. The smallest absolute Gasteiger partial charge is 0.246 e. The maximum atomic E-state index is 12.3. The van der Waals surface area contributed by atoms with Crippen LogP contribution in [0, 0.1) is 6.92 Å². The van der Waals surface area contributed by atoms with E-state index < -0.39 is 0 Å². The molecule has 5 heteroatoms. The number of aromatic nitrogens is 2. The number of hydrogen-bond acceptors (Lipinski definition) is 3. The minimum atomic E-state index is 0.0776. The highest BCUT2D eigenvalue weighted by Crippen LogP contribution is 2.10. The molecule has 2 heterocycles. The summed E-state index contributed by atoms with van der Waals surface area (Å²) in [5.41, 5.74) is 3.57. The van der Waals surface area contributed by atoms with Gasteiger partial charge in [0, 0.05) is 57.6 Å². The second-order valence-electron chi connectivity index (χ2n) is 6.37. The Bertz CT molecular complexity index is 709. The van der Waals surface area contributed by atoms with E-state index in [1.54, 1.807) is 17.0 Å². The fourth-order valence-electron chi connectivity index (χ4n) is 2.88. The highest BCUT2D eigenvalue weighted by atomic mass is 16.2. The lowest BCUT2D eigenvalue weighted by molar-refractivity contribution is -0.127. The highest BCUT2D eigenvalue weighted by Gasteiger charge is 2.19. The summed E-state index contributed by atoms with van der Waals surface area (Å²) >= 11 is 0. The van der Waals surface area contributed by atoms with Crippen molar-refractivity contribution in [2.24, 2.45) is 7.05 Å². The molecule has 1 fully saturated rings. The van der Waals surface area contributed by atoms with Gasteiger partial charge in [0.2, 0.25) is 5.91 Å². The first kappa shape index (κ1) is 16.5. The maximum absolute atomic E-state index is 12.3. The molecule has 126 valence electrons. The molecular weight excluding hydrogens is 300 g/mol. The Balaban J connectivity index is 1.48. The average Bonchev–Trinajstić information content (AvgIpc) is 3.01. The molecule has 3 rings (SSSR count). The summed E-state index contributed by atoms with van der Waals surface area (Å²) in [6.07, 6.45) is 7.12. The van der Waals surface area contributed by atoms with Crippen LogP contribution in [0.2, 0.25) is 0 Å². The van der Waals surface area contributed by atoms with Gasteiger partial charge in [-0.25, -0.2) is 0 Å². The molecule has 0 saturated carbocycles. The molecule has 1 saturated heterocycles. The molecule has 24 heavy (non-hydrogen) atoms. The van der Waals surface area contributed by atoms with Crippen molar-refractivity contribution in [1.29, 1.82) is 0 Å². The zero-order valence-electron chi connectivity index (χ0n) is 14.4. The van der Waals surface area contributed by atoms with Gasteiger partial charge >= 0.3 is 0 Å². The maximum Gasteiger partial charge on any atom is 0.246 e. The van der Waals surface area contributed by atoms with Crippen LogP contribution in [-0.2, 0) is 18.4 Å². The number of piperazine rings is 1. The summed E-state index contributed by atoms with van der Waals surface area (Å²) in [6.45, 7) is 6.45. The van der Waals surface area contributed by atoms with Crippen molar-refractivity contribution < 1.29 is 4.79 Å². The monoisotopic (exact) mass is 324 g/mol. The molecule has 0 spiro atoms. The zero-order valence-corrected chi connectivity index (χ0v) is 14.4. The first-order valence-electron chi connectivity index (χ1n) is 8.34. The van der Waals surface area contributed by atoms with Crippen LogP contribution in [-0.4, -0.2) is 51.7 Å². The van der Waals surface area contributed by atoms with Gasteiger partial charge in [-0.15, -0.1) is 0 Å². The van der Waals surface area contributed by atoms with E-state index in [4.69, 9.17) is 0 Å². The molecule has 0 atom stereocenters. The molecule has 0 unspecified atom stereocenters. The molecule has 1 aliphatic rings. The third-order valence-electron chi connectivity index (χ3n) is 4.35. The van der Waals surface area contributed by atoms with Crippen molar-refractivity contribution in [3.05, 3.63) is 59.4 Å². The topological polar surface area (TPSA) is 41.4 Å². The minimum absolute atomic E-state index is 0.0776. The summed E-state index contributed by atoms with van der Waals surface area (Å²) < 4.78 is 1.73. The standard InChI is InChI=1S/C19H24N4O/c1-16-3-5-17(6-4-16)15-22-9-11-23(12-10-22)19(24)8-7-18-13-20-21(2)14-18/h3-8,13-14H,9-12,15H2,1-2H3/b8-7+. The van der Waals surface area contributed by atoms with Crippen LogP contribution in [0.5, 0.6) is 0 Å². The van der Waals surface area contributed by atoms with Gasteiger partial charge in [-0.3, -0.25) is 14.4 Å². The average molecular weight is 324 g/mol. The third kappa shape index (κ3) is 4.32. The van der Waals surface area contributed by atoms with Gasteiger partial charge in [0.25, 0.3) is 0 Å². The van der Waals surface area contributed by atoms with Crippen LogP contribution in [0.15, 0.2) is 42.7 Å². The number of carbonyl (C=O) groups is 1. The summed E-state index contributed by atoms with van der Waals surface area (Å²) in [7, 11) is 1.87. The molecule has 1 aliphatic heterocycles. The quantitative estimate of drug-likeness (QED) is 0.809. The van der Waals surface area contributed by atoms with Crippen LogP contribution in [0.25, 0.3) is 6.08 Å². The van der Waals surface area contributed by atoms with Gasteiger partial charge in [0.05, 0.1) is 6.20 Å². The SMILES string of the molecule is Cc1ccc(CN2CCN(C(=O)/C=C/c3cnn(C)c3)CC2)cc1. The molecule has 5 nitrogen and oxygen atoms in total. The molecule has 0 radical (unpaired) electrons. The Morgan fingerprint density at radius 1 is 1.17 bits per heavy atom. The van der Waals surface area contributed by atoms with Crippen LogP contribution < -0.4 is 0 Å². The summed E-state index contributed by atoms with van der Waals surface area (Å²) in [6, 6.07) is 8.67. The van der Waals surface area contributed by atoms with Gasteiger partial charge in [0.1, 0.15) is 0 Å². The molecule has 2 aromatic rings. The minimum Gasteiger partial charge on any atom is -0.337 e. The van der Waals surface area contributed by atoms with E-state index in [1.807, 2.05) is 24.2 Å². The van der Waals surface area contributed by atoms with Gasteiger partial charge in [0.15, 0.2) is 0 Å².